The van der Waals surface area contributed by atoms with Crippen molar-refractivity contribution in [1.82, 2.24) is 5.43 Å². The van der Waals surface area contributed by atoms with Crippen LogP contribution in [0, 0.1) is 0 Å². The fourth-order valence-corrected chi connectivity index (χ4v) is 4.40. The van der Waals surface area contributed by atoms with Crippen molar-refractivity contribution in [3.8, 4) is 0 Å². The number of carbonyl (C=O) groups is 1. The zero-order chi connectivity index (χ0) is 17.6. The number of rotatable bonds is 6. The van der Waals surface area contributed by atoms with Gasteiger partial charge in [-0.1, -0.05) is 12.1 Å². The van der Waals surface area contributed by atoms with Gasteiger partial charge in [0.25, 0.3) is 5.91 Å². The first-order valence-electron chi connectivity index (χ1n) is 9.00. The Morgan fingerprint density at radius 2 is 1.92 bits per heavy atom. The maximum atomic E-state index is 12.4. The van der Waals surface area contributed by atoms with Crippen LogP contribution in [-0.4, -0.2) is 25.2 Å². The molecule has 5 heteroatoms. The van der Waals surface area contributed by atoms with Crippen LogP contribution >= 0.6 is 11.3 Å². The molecule has 4 nitrogen and oxygen atoms in total. The molecular weight excluding hydrogens is 330 g/mol. The highest BCUT2D eigenvalue weighted by Gasteiger charge is 2.19. The predicted molar refractivity (Wildman–Crippen MR) is 106 cm³/mol. The van der Waals surface area contributed by atoms with Gasteiger partial charge in [0.2, 0.25) is 0 Å². The number of hydrazone groups is 1. The zero-order valence-corrected chi connectivity index (χ0v) is 15.7. The number of carbonyl (C=O) groups excluding carboxylic acids is 1. The van der Waals surface area contributed by atoms with E-state index in [1.165, 1.54) is 29.0 Å². The molecule has 0 saturated heterocycles. The molecule has 1 aliphatic rings. The molecule has 2 aromatic rings. The number of hydrogen-bond acceptors (Lipinski definition) is 4. The largest absolute Gasteiger partial charge is 0.372 e. The summed E-state index contributed by atoms with van der Waals surface area (Å²) in [6.45, 7) is 6.28. The van der Waals surface area contributed by atoms with E-state index >= 15 is 0 Å². The lowest BCUT2D eigenvalue weighted by atomic mass is 9.96. The Balaban J connectivity index is 1.61. The molecular formula is C20H25N3OS. The Morgan fingerprint density at radius 1 is 1.20 bits per heavy atom. The summed E-state index contributed by atoms with van der Waals surface area (Å²) in [7, 11) is 0. The van der Waals surface area contributed by atoms with E-state index in [0.29, 0.717) is 0 Å². The maximum absolute atomic E-state index is 12.4. The van der Waals surface area contributed by atoms with Crippen LogP contribution in [0.4, 0.5) is 5.69 Å². The number of thiophene rings is 1. The van der Waals surface area contributed by atoms with Crippen molar-refractivity contribution in [1.29, 1.82) is 0 Å². The van der Waals surface area contributed by atoms with E-state index in [9.17, 15) is 4.79 Å². The SMILES string of the molecule is CCN(CC)c1ccc(/C=N\NC(=O)c2csc3c2CCCC3)cc1. The molecule has 0 aliphatic heterocycles. The average molecular weight is 356 g/mol. The van der Waals surface area contributed by atoms with Crippen molar-refractivity contribution in [3.63, 3.8) is 0 Å². The predicted octanol–water partition coefficient (Wildman–Crippen LogP) is 4.24. The standard InChI is InChI=1S/C20H25N3OS/c1-3-23(4-2)16-11-9-15(10-12-16)13-21-22-20(24)18-14-25-19-8-6-5-7-17(18)19/h9-14H,3-8H2,1-2H3,(H,22,24)/b21-13-. The minimum Gasteiger partial charge on any atom is -0.372 e. The quantitative estimate of drug-likeness (QED) is 0.622. The highest BCUT2D eigenvalue weighted by atomic mass is 32.1. The number of fused-ring (bicyclic) bond motifs is 1. The topological polar surface area (TPSA) is 44.7 Å². The van der Waals surface area contributed by atoms with Gasteiger partial charge >= 0.3 is 0 Å². The maximum Gasteiger partial charge on any atom is 0.272 e. The van der Waals surface area contributed by atoms with Gasteiger partial charge in [0.15, 0.2) is 0 Å². The molecule has 0 fully saturated rings. The molecule has 25 heavy (non-hydrogen) atoms. The molecule has 1 aliphatic carbocycles. The summed E-state index contributed by atoms with van der Waals surface area (Å²) in [5, 5.41) is 6.10. The van der Waals surface area contributed by atoms with Gasteiger partial charge in [0.05, 0.1) is 11.8 Å². The van der Waals surface area contributed by atoms with E-state index in [4.69, 9.17) is 0 Å². The van der Waals surface area contributed by atoms with Crippen molar-refractivity contribution in [3.05, 3.63) is 51.2 Å². The van der Waals surface area contributed by atoms with E-state index < -0.39 is 0 Å². The van der Waals surface area contributed by atoms with Gasteiger partial charge < -0.3 is 4.90 Å². The Hall–Kier alpha value is -2.14. The molecule has 1 aromatic carbocycles. The van der Waals surface area contributed by atoms with Crippen molar-refractivity contribution in [2.75, 3.05) is 18.0 Å². The number of anilines is 1. The summed E-state index contributed by atoms with van der Waals surface area (Å²) in [4.78, 5) is 16.0. The van der Waals surface area contributed by atoms with E-state index in [-0.39, 0.29) is 5.91 Å². The van der Waals surface area contributed by atoms with E-state index in [0.717, 1.165) is 37.1 Å². The Labute approximate surface area is 153 Å². The third kappa shape index (κ3) is 4.10. The summed E-state index contributed by atoms with van der Waals surface area (Å²) in [6.07, 6.45) is 6.22. The van der Waals surface area contributed by atoms with Gasteiger partial charge in [-0.15, -0.1) is 11.3 Å². The Morgan fingerprint density at radius 3 is 2.64 bits per heavy atom. The smallest absolute Gasteiger partial charge is 0.272 e. The highest BCUT2D eigenvalue weighted by Crippen LogP contribution is 2.30. The molecule has 0 unspecified atom stereocenters. The molecule has 0 bridgehead atoms. The van der Waals surface area contributed by atoms with Crippen LogP contribution in [0.1, 0.15) is 53.1 Å². The summed E-state index contributed by atoms with van der Waals surface area (Å²) >= 11 is 1.70. The molecule has 1 amide bonds. The summed E-state index contributed by atoms with van der Waals surface area (Å²) in [5.41, 5.74) is 6.88. The summed E-state index contributed by atoms with van der Waals surface area (Å²) in [6, 6.07) is 8.22. The lowest BCUT2D eigenvalue weighted by molar-refractivity contribution is 0.0954. The van der Waals surface area contributed by atoms with Gasteiger partial charge in [-0.05, 0) is 62.8 Å². The number of hydrogen-bond donors (Lipinski definition) is 1. The van der Waals surface area contributed by atoms with Gasteiger partial charge in [-0.2, -0.15) is 5.10 Å². The lowest BCUT2D eigenvalue weighted by Crippen LogP contribution is -2.21. The average Bonchev–Trinajstić information content (AvgIpc) is 3.08. The number of aryl methyl sites for hydroxylation is 1. The first-order chi connectivity index (χ1) is 12.2. The fourth-order valence-electron chi connectivity index (χ4n) is 3.27. The van der Waals surface area contributed by atoms with E-state index in [2.05, 4.69) is 41.4 Å². The van der Waals surface area contributed by atoms with Gasteiger partial charge in [0.1, 0.15) is 0 Å². The lowest BCUT2D eigenvalue weighted by Gasteiger charge is -2.20. The van der Waals surface area contributed by atoms with Crippen molar-refractivity contribution < 1.29 is 4.79 Å². The number of nitrogens with zero attached hydrogens (tertiary/aromatic N) is 2. The minimum absolute atomic E-state index is 0.101. The van der Waals surface area contributed by atoms with Crippen LogP contribution < -0.4 is 10.3 Å². The Bertz CT molecular complexity index is 745. The van der Waals surface area contributed by atoms with Crippen LogP contribution in [0.3, 0.4) is 0 Å². The monoisotopic (exact) mass is 355 g/mol. The first kappa shape index (κ1) is 17.7. The van der Waals surface area contributed by atoms with Gasteiger partial charge in [-0.25, -0.2) is 5.43 Å². The molecule has 1 N–H and O–H groups in total. The molecule has 0 saturated carbocycles. The number of amides is 1. The molecule has 132 valence electrons. The summed E-state index contributed by atoms with van der Waals surface area (Å²) < 4.78 is 0. The minimum atomic E-state index is -0.101. The number of nitrogens with one attached hydrogen (secondary N) is 1. The van der Waals surface area contributed by atoms with E-state index in [1.54, 1.807) is 17.6 Å². The Kier molecular flexibility index (Phi) is 5.87. The molecule has 0 radical (unpaired) electrons. The van der Waals surface area contributed by atoms with Crippen molar-refractivity contribution >= 4 is 29.1 Å². The highest BCUT2D eigenvalue weighted by molar-refractivity contribution is 7.10. The first-order valence-corrected chi connectivity index (χ1v) is 9.88. The second-order valence-electron chi connectivity index (χ2n) is 6.22. The second-order valence-corrected chi connectivity index (χ2v) is 7.19. The van der Waals surface area contributed by atoms with Crippen LogP contribution in [0.5, 0.6) is 0 Å². The fraction of sp³-hybridized carbons (Fsp3) is 0.400. The summed E-state index contributed by atoms with van der Waals surface area (Å²) in [5.74, 6) is -0.101. The third-order valence-electron chi connectivity index (χ3n) is 4.71. The number of benzene rings is 1. The molecule has 1 aromatic heterocycles. The molecule has 0 spiro atoms. The molecule has 0 atom stereocenters. The van der Waals surface area contributed by atoms with Crippen LogP contribution in [0.15, 0.2) is 34.7 Å². The van der Waals surface area contributed by atoms with Crippen LogP contribution in [0.2, 0.25) is 0 Å². The third-order valence-corrected chi connectivity index (χ3v) is 5.80. The van der Waals surface area contributed by atoms with Crippen LogP contribution in [-0.2, 0) is 12.8 Å². The molecule has 1 heterocycles. The normalized spacial score (nSPS) is 13.7. The zero-order valence-electron chi connectivity index (χ0n) is 14.9. The van der Waals surface area contributed by atoms with Crippen molar-refractivity contribution in [2.24, 2.45) is 5.10 Å². The van der Waals surface area contributed by atoms with E-state index in [1.807, 2.05) is 17.5 Å². The second kappa shape index (κ2) is 8.30. The molecule has 3 rings (SSSR count). The van der Waals surface area contributed by atoms with Crippen molar-refractivity contribution in [2.45, 2.75) is 39.5 Å². The van der Waals surface area contributed by atoms with Crippen LogP contribution in [0.25, 0.3) is 0 Å². The van der Waals surface area contributed by atoms with Gasteiger partial charge in [0, 0.05) is 29.0 Å². The van der Waals surface area contributed by atoms with Gasteiger partial charge in [-0.3, -0.25) is 4.79 Å².